The van der Waals surface area contributed by atoms with Gasteiger partial charge in [0.25, 0.3) is 0 Å². The zero-order valence-electron chi connectivity index (χ0n) is 63.3. The molecule has 0 aromatic rings. The molecule has 16 heteroatoms. The molecule has 0 rings (SSSR count). The van der Waals surface area contributed by atoms with Crippen molar-refractivity contribution in [2.45, 2.75) is 415 Å². The van der Waals surface area contributed by atoms with Gasteiger partial charge in [-0.2, -0.15) is 0 Å². The van der Waals surface area contributed by atoms with Gasteiger partial charge in [0, 0.05) is 0 Å². The molecule has 0 fully saturated rings. The van der Waals surface area contributed by atoms with E-state index in [1.165, 1.54) is 257 Å². The van der Waals surface area contributed by atoms with E-state index in [0.29, 0.717) is 52.9 Å². The van der Waals surface area contributed by atoms with Crippen LogP contribution in [0, 0.1) is 5.41 Å². The van der Waals surface area contributed by atoms with Gasteiger partial charge in [-0.05, 0) is 51.4 Å². The first-order chi connectivity index (χ1) is 46.0. The monoisotopic (exact) mass is 1400 g/mol. The van der Waals surface area contributed by atoms with Crippen LogP contribution in [0.25, 0.3) is 0 Å². The van der Waals surface area contributed by atoms with Crippen LogP contribution in [0.4, 0.5) is 0 Å². The highest BCUT2D eigenvalue weighted by Gasteiger charge is 2.39. The molecular weight excluding hydrogens is 1240 g/mol. The molecule has 93 heavy (non-hydrogen) atoms. The van der Waals surface area contributed by atoms with Gasteiger partial charge >= 0.3 is 34.4 Å². The first-order valence-corrected chi connectivity index (χ1v) is 45.1. The van der Waals surface area contributed by atoms with Gasteiger partial charge in [-0.25, -0.2) is 0 Å². The average molecular weight is 1400 g/mol. The zero-order valence-corrected chi connectivity index (χ0v) is 66.8. The van der Waals surface area contributed by atoms with Gasteiger partial charge in [0.1, 0.15) is 0 Å². The molecule has 0 aliphatic heterocycles. The number of rotatable bonds is 84. The zero-order chi connectivity index (χ0) is 67.4. The fourth-order valence-corrected chi connectivity index (χ4v) is 15.7. The number of hydrogen-bond donors (Lipinski definition) is 0. The lowest BCUT2D eigenvalue weighted by molar-refractivity contribution is -0.0272. The molecule has 0 heterocycles. The van der Waals surface area contributed by atoms with E-state index < -0.39 is 39.8 Å². The summed E-state index contributed by atoms with van der Waals surface area (Å²) in [6, 6.07) is 0. The second-order valence-corrected chi connectivity index (χ2v) is 32.0. The van der Waals surface area contributed by atoms with E-state index in [-0.39, 0.29) is 26.4 Å². The summed E-state index contributed by atoms with van der Waals surface area (Å²) in [5, 5.41) is 0. The van der Waals surface area contributed by atoms with Crippen LogP contribution in [0.1, 0.15) is 415 Å². The van der Waals surface area contributed by atoms with Gasteiger partial charge in [-0.15, -0.1) is 0 Å². The molecule has 0 unspecified atom stereocenters. The van der Waals surface area contributed by atoms with Crippen molar-refractivity contribution in [2.75, 3.05) is 79.3 Å². The molecule has 0 saturated heterocycles. The Morgan fingerprint density at radius 2 is 0.247 bits per heavy atom. The number of unbranched alkanes of at least 4 members (excludes halogenated alkanes) is 48. The molecule has 0 bridgehead atoms. The average Bonchev–Trinajstić information content (AvgIpc) is 1.13. The van der Waals surface area contributed by atoms with Crippen LogP contribution in [0.2, 0.25) is 0 Å². The third kappa shape index (κ3) is 70.1. The molecule has 0 radical (unpaired) electrons. The summed E-state index contributed by atoms with van der Waals surface area (Å²) >= 11 is 0. The topological polar surface area (TPSA) is 111 Å². The molecule has 0 atom stereocenters. The lowest BCUT2D eigenvalue weighted by Gasteiger charge is -2.35. The largest absolute Gasteiger partial charge is 0.332 e. The normalized spacial score (nSPS) is 12.3. The summed E-state index contributed by atoms with van der Waals surface area (Å²) in [4.78, 5) is 0. The molecule has 0 aliphatic rings. The highest BCUT2D eigenvalue weighted by atomic mass is 31.2. The maximum atomic E-state index is 7.10. The maximum absolute atomic E-state index is 7.10. The van der Waals surface area contributed by atoms with Crippen molar-refractivity contribution in [3.63, 3.8) is 0 Å². The molecule has 0 spiro atoms. The fraction of sp³-hybridized carbons (Fsp3) is 1.00. The van der Waals surface area contributed by atoms with Gasteiger partial charge in [-0.1, -0.05) is 364 Å². The van der Waals surface area contributed by atoms with E-state index in [1.54, 1.807) is 0 Å². The van der Waals surface area contributed by atoms with Crippen molar-refractivity contribution < 1.29 is 54.3 Å². The first kappa shape index (κ1) is 94.2. The Balaban J connectivity index is 7.57. The summed E-state index contributed by atoms with van der Waals surface area (Å²) in [5.41, 5.74) is -0.921. The van der Waals surface area contributed by atoms with Crippen LogP contribution < -0.4 is 0 Å². The van der Waals surface area contributed by atoms with E-state index in [0.717, 1.165) is 103 Å². The standard InChI is InChI=1S/C77H160O12P4/c1-9-17-25-33-41-49-57-65-78-90(79-66-58-50-42-34-26-18-10-2)86-73-77(74-87-91(80-67-59-51-43-35-27-19-11-3)81-68-60-52-44-36-28-20-12-4,75-88-92(82-69-61-53-45-37-29-21-13-5)83-70-62-54-46-38-30-22-14-6)76-89-93(84-71-63-55-47-39-31-23-15-7)85-72-64-56-48-40-32-24-16-8/h9-76H2,1-8H3. The summed E-state index contributed by atoms with van der Waals surface area (Å²) in [6.45, 7) is 23.7. The smallest absolute Gasteiger partial charge is 0.312 e. The summed E-state index contributed by atoms with van der Waals surface area (Å²) in [6.07, 6.45) is 67.6. The van der Waals surface area contributed by atoms with Gasteiger partial charge in [0.15, 0.2) is 0 Å². The summed E-state index contributed by atoms with van der Waals surface area (Å²) < 4.78 is 82.0. The summed E-state index contributed by atoms with van der Waals surface area (Å²) in [5.74, 6) is 0. The SMILES string of the molecule is CCCCCCCCCOP(OCCCCCCCCC)OCC(COP(OCCCCCCCCC)OCCCCCCCCC)(COP(OCCCCCCCCC)OCCCCCCCCC)COP(OCCCCCCCCC)OCCCCCCCCC. The predicted octanol–water partition coefficient (Wildman–Crippen LogP) is 29.1. The van der Waals surface area contributed by atoms with E-state index in [2.05, 4.69) is 55.4 Å². The second-order valence-electron chi connectivity index (χ2n) is 27.1. The van der Waals surface area contributed by atoms with Gasteiger partial charge in [0.05, 0.1) is 84.7 Å². The van der Waals surface area contributed by atoms with Crippen molar-refractivity contribution >= 4 is 34.4 Å². The summed E-state index contributed by atoms with van der Waals surface area (Å²) in [7, 11) is -6.88. The minimum absolute atomic E-state index is 0.183. The van der Waals surface area contributed by atoms with Crippen molar-refractivity contribution in [1.29, 1.82) is 0 Å². The van der Waals surface area contributed by atoms with Crippen LogP contribution in [0.3, 0.4) is 0 Å². The minimum atomic E-state index is -1.72. The first-order valence-electron chi connectivity index (χ1n) is 40.7. The minimum Gasteiger partial charge on any atom is -0.312 e. The lowest BCUT2D eigenvalue weighted by atomic mass is 9.93. The fourth-order valence-electron chi connectivity index (χ4n) is 11.0. The highest BCUT2D eigenvalue weighted by Crippen LogP contribution is 2.50. The molecule has 0 aromatic heterocycles. The van der Waals surface area contributed by atoms with Gasteiger partial charge in [-0.3, -0.25) is 0 Å². The van der Waals surface area contributed by atoms with E-state index >= 15 is 0 Å². The Hall–Kier alpha value is 1.24. The van der Waals surface area contributed by atoms with Crippen molar-refractivity contribution in [3.05, 3.63) is 0 Å². The van der Waals surface area contributed by atoms with E-state index in [4.69, 9.17) is 54.3 Å². The maximum Gasteiger partial charge on any atom is 0.332 e. The van der Waals surface area contributed by atoms with Crippen LogP contribution >= 0.6 is 34.4 Å². The lowest BCUT2D eigenvalue weighted by Crippen LogP contribution is -2.40. The third-order valence-corrected chi connectivity index (χ3v) is 22.0. The van der Waals surface area contributed by atoms with Crippen molar-refractivity contribution in [2.24, 2.45) is 5.41 Å². The molecule has 0 aromatic carbocycles. The van der Waals surface area contributed by atoms with Crippen molar-refractivity contribution in [1.82, 2.24) is 0 Å². The molecular formula is C77H160O12P4. The van der Waals surface area contributed by atoms with Crippen LogP contribution in [0.5, 0.6) is 0 Å². The Morgan fingerprint density at radius 3 is 0.366 bits per heavy atom. The predicted molar refractivity (Wildman–Crippen MR) is 405 cm³/mol. The van der Waals surface area contributed by atoms with Gasteiger partial charge < -0.3 is 54.3 Å². The van der Waals surface area contributed by atoms with Crippen LogP contribution in [-0.2, 0) is 54.3 Å². The highest BCUT2D eigenvalue weighted by molar-refractivity contribution is 7.42. The quantitative estimate of drug-likeness (QED) is 0.0427. The third-order valence-electron chi connectivity index (χ3n) is 17.5. The van der Waals surface area contributed by atoms with Crippen LogP contribution in [0.15, 0.2) is 0 Å². The molecule has 560 valence electrons. The van der Waals surface area contributed by atoms with Crippen LogP contribution in [-0.4, -0.2) is 79.3 Å². The Labute approximate surface area is 585 Å². The molecule has 0 aliphatic carbocycles. The Bertz CT molecular complexity index is 1090. The van der Waals surface area contributed by atoms with E-state index in [9.17, 15) is 0 Å². The Kier molecular flexibility index (Phi) is 81.6. The Morgan fingerprint density at radius 1 is 0.140 bits per heavy atom. The van der Waals surface area contributed by atoms with Crippen molar-refractivity contribution in [3.8, 4) is 0 Å². The van der Waals surface area contributed by atoms with Gasteiger partial charge in [0.2, 0.25) is 0 Å². The van der Waals surface area contributed by atoms with E-state index in [1.807, 2.05) is 0 Å². The molecule has 0 N–H and O–H groups in total. The second kappa shape index (κ2) is 80.6. The molecule has 12 nitrogen and oxygen atoms in total. The number of hydrogen-bond acceptors (Lipinski definition) is 12. The molecule has 0 amide bonds. The molecule has 0 saturated carbocycles.